The number of Topliss-reactive ketones (excluding diaryl/α,β-unsaturated/α-hetero) is 1. The lowest BCUT2D eigenvalue weighted by Crippen LogP contribution is -2.42. The van der Waals surface area contributed by atoms with Gasteiger partial charge in [-0.25, -0.2) is 4.79 Å². The van der Waals surface area contributed by atoms with Crippen molar-refractivity contribution in [1.29, 1.82) is 0 Å². The quantitative estimate of drug-likeness (QED) is 0.571. The van der Waals surface area contributed by atoms with E-state index >= 15 is 0 Å². The molecule has 0 aliphatic heterocycles. The molecule has 2 rings (SSSR count). The number of carbonyl (C=O) groups is 2. The summed E-state index contributed by atoms with van der Waals surface area (Å²) >= 11 is 0. The van der Waals surface area contributed by atoms with Crippen LogP contribution in [0.4, 0.5) is 0 Å². The van der Waals surface area contributed by atoms with Gasteiger partial charge in [0.15, 0.2) is 0 Å². The van der Waals surface area contributed by atoms with Gasteiger partial charge in [0.2, 0.25) is 0 Å². The first-order chi connectivity index (χ1) is 13.7. The Bertz CT molecular complexity index is 752. The second-order valence-electron chi connectivity index (χ2n) is 7.52. The van der Waals surface area contributed by atoms with Gasteiger partial charge >= 0.3 is 5.97 Å². The SMILES string of the molecule is C=C(C)C(=O)O.CCC(=O)C(CC(C)N(C)C)(c1ccccc1)c1ccccc1.Cl. The highest BCUT2D eigenvalue weighted by atomic mass is 35.5. The van der Waals surface area contributed by atoms with Crippen LogP contribution in [0, 0.1) is 0 Å². The number of rotatable bonds is 8. The Labute approximate surface area is 187 Å². The van der Waals surface area contributed by atoms with Crippen molar-refractivity contribution in [3.8, 4) is 0 Å². The zero-order chi connectivity index (χ0) is 22.0. The van der Waals surface area contributed by atoms with Crippen molar-refractivity contribution < 1.29 is 14.7 Å². The van der Waals surface area contributed by atoms with Crippen molar-refractivity contribution in [3.63, 3.8) is 0 Å². The lowest BCUT2D eigenvalue weighted by atomic mass is 9.67. The number of carboxylic acids is 1. The molecule has 0 amide bonds. The van der Waals surface area contributed by atoms with E-state index in [1.165, 1.54) is 6.92 Å². The molecule has 0 heterocycles. The minimum absolute atomic E-state index is 0. The first-order valence-corrected chi connectivity index (χ1v) is 9.86. The maximum absolute atomic E-state index is 13.2. The van der Waals surface area contributed by atoms with Gasteiger partial charge in [0.1, 0.15) is 5.78 Å². The zero-order valence-corrected chi connectivity index (χ0v) is 19.4. The van der Waals surface area contributed by atoms with E-state index in [2.05, 4.69) is 56.8 Å². The highest BCUT2D eigenvalue weighted by molar-refractivity contribution is 5.93. The summed E-state index contributed by atoms with van der Waals surface area (Å²) in [6, 6.07) is 20.7. The summed E-state index contributed by atoms with van der Waals surface area (Å²) in [5, 5.41) is 7.89. The van der Waals surface area contributed by atoms with E-state index in [1.54, 1.807) is 0 Å². The third-order valence-electron chi connectivity index (χ3n) is 5.18. The average Bonchev–Trinajstić information content (AvgIpc) is 2.72. The minimum Gasteiger partial charge on any atom is -0.478 e. The molecule has 1 unspecified atom stereocenters. The molecule has 4 nitrogen and oxygen atoms in total. The van der Waals surface area contributed by atoms with Gasteiger partial charge in [-0.3, -0.25) is 4.79 Å². The smallest absolute Gasteiger partial charge is 0.330 e. The number of benzene rings is 2. The van der Waals surface area contributed by atoms with Crippen LogP contribution in [0.15, 0.2) is 72.8 Å². The van der Waals surface area contributed by atoms with Crippen LogP contribution < -0.4 is 0 Å². The van der Waals surface area contributed by atoms with Crippen LogP contribution in [-0.4, -0.2) is 41.9 Å². The van der Waals surface area contributed by atoms with Gasteiger partial charge in [0, 0.05) is 18.0 Å². The molecule has 1 N–H and O–H groups in total. The normalized spacial score (nSPS) is 11.5. The molecule has 1 atom stereocenters. The van der Waals surface area contributed by atoms with Gasteiger partial charge in [-0.2, -0.15) is 0 Å². The summed E-state index contributed by atoms with van der Waals surface area (Å²) in [7, 11) is 4.14. The Balaban J connectivity index is 0.00000105. The Morgan fingerprint density at radius 2 is 1.37 bits per heavy atom. The number of ketones is 1. The summed E-state index contributed by atoms with van der Waals surface area (Å²) in [5.74, 6) is -0.654. The zero-order valence-electron chi connectivity index (χ0n) is 18.6. The molecule has 0 saturated heterocycles. The first kappa shape index (κ1) is 27.6. The summed E-state index contributed by atoms with van der Waals surface area (Å²) in [4.78, 5) is 25.0. The molecule has 0 fully saturated rings. The van der Waals surface area contributed by atoms with E-state index in [9.17, 15) is 9.59 Å². The van der Waals surface area contributed by atoms with Crippen molar-refractivity contribution in [2.45, 2.75) is 45.1 Å². The fourth-order valence-electron chi connectivity index (χ4n) is 3.21. The van der Waals surface area contributed by atoms with Gasteiger partial charge in [-0.1, -0.05) is 74.2 Å². The third-order valence-corrected chi connectivity index (χ3v) is 5.18. The summed E-state index contributed by atoms with van der Waals surface area (Å²) in [5.41, 5.74) is 1.77. The number of nitrogens with zero attached hydrogens (tertiary/aromatic N) is 1. The van der Waals surface area contributed by atoms with Crippen LogP contribution in [0.25, 0.3) is 0 Å². The van der Waals surface area contributed by atoms with Crippen LogP contribution in [0.1, 0.15) is 44.7 Å². The molecule has 0 aromatic heterocycles. The number of aliphatic carboxylic acids is 1. The maximum Gasteiger partial charge on any atom is 0.330 e. The van der Waals surface area contributed by atoms with Crippen LogP contribution in [-0.2, 0) is 15.0 Å². The molecule has 0 aliphatic carbocycles. The summed E-state index contributed by atoms with van der Waals surface area (Å²) in [6.07, 6.45) is 1.31. The fraction of sp³-hybridized carbons (Fsp3) is 0.360. The largest absolute Gasteiger partial charge is 0.478 e. The first-order valence-electron chi connectivity index (χ1n) is 9.86. The topological polar surface area (TPSA) is 57.6 Å². The van der Waals surface area contributed by atoms with Crippen molar-refractivity contribution >= 4 is 24.2 Å². The molecule has 5 heteroatoms. The maximum atomic E-state index is 13.2. The van der Waals surface area contributed by atoms with Crippen molar-refractivity contribution in [2.75, 3.05) is 14.1 Å². The number of hydrogen-bond donors (Lipinski definition) is 1. The predicted octanol–water partition coefficient (Wildman–Crippen LogP) is 5.36. The molecular weight excluding hydrogens is 398 g/mol. The summed E-state index contributed by atoms with van der Waals surface area (Å²) < 4.78 is 0. The second kappa shape index (κ2) is 13.0. The molecule has 164 valence electrons. The van der Waals surface area contributed by atoms with Crippen molar-refractivity contribution in [3.05, 3.63) is 83.9 Å². The number of halogens is 1. The number of carbonyl (C=O) groups excluding carboxylic acids is 1. The lowest BCUT2D eigenvalue weighted by Gasteiger charge is -2.37. The third kappa shape index (κ3) is 7.12. The molecule has 0 spiro atoms. The van der Waals surface area contributed by atoms with Gasteiger partial charge in [0.05, 0.1) is 5.41 Å². The number of carboxylic acid groups (broad SMARTS) is 1. The Kier molecular flexibility index (Phi) is 11.9. The molecule has 0 aliphatic rings. The van der Waals surface area contributed by atoms with Crippen molar-refractivity contribution in [2.24, 2.45) is 0 Å². The van der Waals surface area contributed by atoms with Gasteiger partial charge in [-0.05, 0) is 45.5 Å². The van der Waals surface area contributed by atoms with E-state index in [-0.39, 0.29) is 23.8 Å². The predicted molar refractivity (Wildman–Crippen MR) is 126 cm³/mol. The Morgan fingerprint density at radius 1 is 1.00 bits per heavy atom. The molecular formula is C25H34ClNO3. The molecule has 30 heavy (non-hydrogen) atoms. The van der Waals surface area contributed by atoms with E-state index in [4.69, 9.17) is 5.11 Å². The van der Waals surface area contributed by atoms with Crippen molar-refractivity contribution in [1.82, 2.24) is 4.90 Å². The van der Waals surface area contributed by atoms with Gasteiger partial charge < -0.3 is 10.0 Å². The van der Waals surface area contributed by atoms with Crippen LogP contribution in [0.5, 0.6) is 0 Å². The minimum atomic E-state index is -0.935. The van der Waals surface area contributed by atoms with E-state index in [1.807, 2.05) is 43.3 Å². The second-order valence-corrected chi connectivity index (χ2v) is 7.52. The molecule has 2 aromatic carbocycles. The molecule has 0 saturated carbocycles. The highest BCUT2D eigenvalue weighted by Gasteiger charge is 2.41. The molecule has 0 bridgehead atoms. The lowest BCUT2D eigenvalue weighted by molar-refractivity contribution is -0.132. The molecule has 0 radical (unpaired) electrons. The average molecular weight is 432 g/mol. The summed E-state index contributed by atoms with van der Waals surface area (Å²) in [6.45, 7) is 8.75. The highest BCUT2D eigenvalue weighted by Crippen LogP contribution is 2.39. The van der Waals surface area contributed by atoms with Crippen LogP contribution in [0.3, 0.4) is 0 Å². The van der Waals surface area contributed by atoms with E-state index in [0.29, 0.717) is 12.5 Å². The van der Waals surface area contributed by atoms with Crippen LogP contribution in [0.2, 0.25) is 0 Å². The Hall–Kier alpha value is -2.43. The molecule has 2 aromatic rings. The van der Waals surface area contributed by atoms with E-state index < -0.39 is 11.4 Å². The van der Waals surface area contributed by atoms with E-state index in [0.717, 1.165) is 17.5 Å². The standard InChI is InChI=1S/C21H27NO.C4H6O2.ClH/c1-5-20(23)21(16-17(2)22(3)4,18-12-8-6-9-13-18)19-14-10-7-11-15-19;1-3(2)4(5)6;/h6-15,17H,5,16H2,1-4H3;1H2,2H3,(H,5,6);1H. The van der Waals surface area contributed by atoms with Gasteiger partial charge in [0.25, 0.3) is 0 Å². The number of hydrogen-bond acceptors (Lipinski definition) is 3. The fourth-order valence-corrected chi connectivity index (χ4v) is 3.21. The monoisotopic (exact) mass is 431 g/mol. The Morgan fingerprint density at radius 3 is 1.63 bits per heavy atom. The van der Waals surface area contributed by atoms with Gasteiger partial charge in [-0.15, -0.1) is 12.4 Å². The van der Waals surface area contributed by atoms with Crippen LogP contribution >= 0.6 is 12.4 Å².